The Kier molecular flexibility index (Phi) is 5.73. The van der Waals surface area contributed by atoms with Gasteiger partial charge in [0.05, 0.1) is 19.1 Å². The number of aromatic nitrogens is 3. The number of esters is 1. The molecule has 2 aromatic rings. The van der Waals surface area contributed by atoms with Crippen LogP contribution in [0.1, 0.15) is 43.3 Å². The largest absolute Gasteiger partial charge is 0.467 e. The minimum Gasteiger partial charge on any atom is -0.467 e. The number of ether oxygens (including phenoxy) is 1. The number of carbonyl (C=O) groups excluding carboxylic acids is 2. The van der Waals surface area contributed by atoms with Crippen LogP contribution in [0.5, 0.6) is 0 Å². The highest BCUT2D eigenvalue weighted by atomic mass is 16.5. The highest BCUT2D eigenvalue weighted by molar-refractivity contribution is 5.84. The Morgan fingerprint density at radius 3 is 2.81 bits per heavy atom. The second-order valence-corrected chi connectivity index (χ2v) is 6.73. The van der Waals surface area contributed by atoms with Gasteiger partial charge in [-0.25, -0.2) is 14.6 Å². The number of H-pyrrole nitrogens is 1. The van der Waals surface area contributed by atoms with Crippen molar-refractivity contribution in [2.45, 2.75) is 38.8 Å². The highest BCUT2D eigenvalue weighted by Crippen LogP contribution is 2.33. The minimum absolute atomic E-state index is 0.0356. The zero-order valence-electron chi connectivity index (χ0n) is 15.8. The summed E-state index contributed by atoms with van der Waals surface area (Å²) < 4.78 is 4.88. The van der Waals surface area contributed by atoms with E-state index >= 15 is 0 Å². The maximum Gasteiger partial charge on any atom is 0.328 e. The number of hydrogen-bond donors (Lipinski definition) is 2. The van der Waals surface area contributed by atoms with Crippen molar-refractivity contribution in [3.05, 3.63) is 47.8 Å². The van der Waals surface area contributed by atoms with Crippen LogP contribution < -0.4 is 5.32 Å². The first kappa shape index (κ1) is 18.9. The molecule has 2 N–H and O–H groups in total. The molecule has 0 aromatic carbocycles. The van der Waals surface area contributed by atoms with Crippen LogP contribution in [0.25, 0.3) is 0 Å². The Bertz CT molecular complexity index is 792. The molecule has 144 valence electrons. The fourth-order valence-corrected chi connectivity index (χ4v) is 3.39. The van der Waals surface area contributed by atoms with E-state index in [9.17, 15) is 9.59 Å². The normalized spacial score (nSPS) is 18.3. The maximum atomic E-state index is 13.1. The average Bonchev–Trinajstić information content (AvgIpc) is 3.19. The molecular weight excluding hydrogens is 346 g/mol. The fourth-order valence-electron chi connectivity index (χ4n) is 3.39. The summed E-state index contributed by atoms with van der Waals surface area (Å²) in [7, 11) is 1.33. The van der Waals surface area contributed by atoms with Gasteiger partial charge in [0, 0.05) is 31.1 Å². The molecular formula is C19H25N5O3. The molecule has 3 heterocycles. The molecule has 0 aliphatic carbocycles. The number of urea groups is 1. The number of nitrogens with zero attached hydrogens (tertiary/aromatic N) is 3. The van der Waals surface area contributed by atoms with E-state index in [-0.39, 0.29) is 18.0 Å². The van der Waals surface area contributed by atoms with Crippen LogP contribution in [0.3, 0.4) is 0 Å². The summed E-state index contributed by atoms with van der Waals surface area (Å²) in [5.74, 6) is -0.470. The first-order valence-corrected chi connectivity index (χ1v) is 9.13. The lowest BCUT2D eigenvalue weighted by Crippen LogP contribution is -2.53. The van der Waals surface area contributed by atoms with Gasteiger partial charge in [-0.3, -0.25) is 4.98 Å². The Hall–Kier alpha value is -2.90. The number of amides is 2. The quantitative estimate of drug-likeness (QED) is 0.784. The van der Waals surface area contributed by atoms with Gasteiger partial charge in [-0.15, -0.1) is 0 Å². The van der Waals surface area contributed by atoms with Crippen molar-refractivity contribution >= 4 is 12.0 Å². The van der Waals surface area contributed by atoms with E-state index in [0.29, 0.717) is 13.0 Å². The Balaban J connectivity index is 1.89. The van der Waals surface area contributed by atoms with Gasteiger partial charge in [-0.05, 0) is 23.6 Å². The molecule has 0 unspecified atom stereocenters. The molecule has 8 nitrogen and oxygen atoms in total. The lowest BCUT2D eigenvalue weighted by Gasteiger charge is -2.36. The summed E-state index contributed by atoms with van der Waals surface area (Å²) in [5, 5.41) is 2.87. The zero-order valence-corrected chi connectivity index (χ0v) is 15.8. The van der Waals surface area contributed by atoms with Crippen molar-refractivity contribution < 1.29 is 14.3 Å². The zero-order chi connectivity index (χ0) is 19.4. The summed E-state index contributed by atoms with van der Waals surface area (Å²) in [4.78, 5) is 38.7. The van der Waals surface area contributed by atoms with Gasteiger partial charge < -0.3 is 19.9 Å². The van der Waals surface area contributed by atoms with Crippen LogP contribution in [-0.2, 0) is 16.0 Å². The molecule has 1 aliphatic rings. The summed E-state index contributed by atoms with van der Waals surface area (Å²) in [5.41, 5.74) is 2.76. The molecule has 0 fully saturated rings. The number of methoxy groups -OCH3 is 1. The van der Waals surface area contributed by atoms with Crippen LogP contribution in [0.4, 0.5) is 4.79 Å². The van der Waals surface area contributed by atoms with Gasteiger partial charge in [0.25, 0.3) is 0 Å². The average molecular weight is 371 g/mol. The number of nitrogens with one attached hydrogen (secondary N) is 2. The topological polar surface area (TPSA) is 100 Å². The molecule has 0 bridgehead atoms. The Labute approximate surface area is 158 Å². The van der Waals surface area contributed by atoms with Crippen molar-refractivity contribution in [1.82, 2.24) is 25.2 Å². The third-order valence-electron chi connectivity index (χ3n) is 5.15. The van der Waals surface area contributed by atoms with Gasteiger partial charge >= 0.3 is 12.0 Å². The second kappa shape index (κ2) is 8.20. The van der Waals surface area contributed by atoms with E-state index in [1.807, 2.05) is 26.0 Å². The molecule has 2 amide bonds. The smallest absolute Gasteiger partial charge is 0.328 e. The predicted octanol–water partition coefficient (Wildman–Crippen LogP) is 2.05. The van der Waals surface area contributed by atoms with Gasteiger partial charge in [-0.1, -0.05) is 20.3 Å². The van der Waals surface area contributed by atoms with Crippen LogP contribution in [-0.4, -0.2) is 51.5 Å². The first-order chi connectivity index (χ1) is 13.1. The maximum absolute atomic E-state index is 13.1. The Morgan fingerprint density at radius 1 is 1.41 bits per heavy atom. The van der Waals surface area contributed by atoms with E-state index < -0.39 is 12.0 Å². The molecule has 0 radical (unpaired) electrons. The summed E-state index contributed by atoms with van der Waals surface area (Å²) in [6, 6.07) is 2.42. The van der Waals surface area contributed by atoms with E-state index in [1.54, 1.807) is 23.6 Å². The summed E-state index contributed by atoms with van der Waals surface area (Å²) in [6.45, 7) is 4.41. The predicted molar refractivity (Wildman–Crippen MR) is 98.9 cm³/mol. The van der Waals surface area contributed by atoms with Crippen molar-refractivity contribution in [3.63, 3.8) is 0 Å². The number of fused-ring (bicyclic) bond motifs is 1. The van der Waals surface area contributed by atoms with Crippen LogP contribution >= 0.6 is 0 Å². The molecule has 2 aromatic heterocycles. The molecule has 8 heteroatoms. The van der Waals surface area contributed by atoms with E-state index in [0.717, 1.165) is 23.4 Å². The SMILES string of the molecule is CC[C@@H](C)[C@@H](NC(=O)N1CCc2[nH]cnc2[C@@H]1c1ccncc1)C(=O)OC. The van der Waals surface area contributed by atoms with Crippen molar-refractivity contribution in [2.24, 2.45) is 5.92 Å². The molecule has 27 heavy (non-hydrogen) atoms. The number of carbonyl (C=O) groups is 2. The van der Waals surface area contributed by atoms with Crippen LogP contribution in [0, 0.1) is 5.92 Å². The van der Waals surface area contributed by atoms with Gasteiger partial charge in [0.15, 0.2) is 0 Å². The monoisotopic (exact) mass is 371 g/mol. The lowest BCUT2D eigenvalue weighted by atomic mass is 9.96. The van der Waals surface area contributed by atoms with Crippen molar-refractivity contribution in [1.29, 1.82) is 0 Å². The summed E-state index contributed by atoms with van der Waals surface area (Å²) >= 11 is 0. The van der Waals surface area contributed by atoms with Gasteiger partial charge in [0.1, 0.15) is 12.1 Å². The Morgan fingerprint density at radius 2 is 2.15 bits per heavy atom. The molecule has 3 atom stereocenters. The lowest BCUT2D eigenvalue weighted by molar-refractivity contribution is -0.144. The number of pyridine rings is 1. The highest BCUT2D eigenvalue weighted by Gasteiger charge is 2.36. The third kappa shape index (κ3) is 3.79. The first-order valence-electron chi connectivity index (χ1n) is 9.13. The number of hydrogen-bond acceptors (Lipinski definition) is 5. The molecule has 0 saturated carbocycles. The second-order valence-electron chi connectivity index (χ2n) is 6.73. The van der Waals surface area contributed by atoms with E-state index in [2.05, 4.69) is 20.3 Å². The van der Waals surface area contributed by atoms with Crippen molar-refractivity contribution in [3.8, 4) is 0 Å². The van der Waals surface area contributed by atoms with Gasteiger partial charge in [-0.2, -0.15) is 0 Å². The molecule has 0 spiro atoms. The van der Waals surface area contributed by atoms with E-state index in [4.69, 9.17) is 4.74 Å². The molecule has 1 aliphatic heterocycles. The fraction of sp³-hybridized carbons (Fsp3) is 0.474. The summed E-state index contributed by atoms with van der Waals surface area (Å²) in [6.07, 6.45) is 6.47. The standard InChI is InChI=1S/C19H25N5O3/c1-4-12(2)15(18(25)27-3)23-19(26)24-10-7-14-16(22-11-21-14)17(24)13-5-8-20-9-6-13/h5-6,8-9,11-12,15,17H,4,7,10H2,1-3H3,(H,21,22)(H,23,26)/t12-,15-,17+/m1/s1. The molecule has 3 rings (SSSR count). The van der Waals surface area contributed by atoms with Crippen molar-refractivity contribution in [2.75, 3.05) is 13.7 Å². The van der Waals surface area contributed by atoms with E-state index in [1.165, 1.54) is 7.11 Å². The number of rotatable bonds is 5. The third-order valence-corrected chi connectivity index (χ3v) is 5.15. The van der Waals surface area contributed by atoms with Crippen LogP contribution in [0.2, 0.25) is 0 Å². The van der Waals surface area contributed by atoms with Crippen LogP contribution in [0.15, 0.2) is 30.9 Å². The van der Waals surface area contributed by atoms with Gasteiger partial charge in [0.2, 0.25) is 0 Å². The minimum atomic E-state index is -0.689. The number of imidazole rings is 1. The molecule has 0 saturated heterocycles. The number of aromatic amines is 1.